The molecule has 0 amide bonds. The molecule has 1 aliphatic rings. The number of carbonyl (C=O) groups is 1. The summed E-state index contributed by atoms with van der Waals surface area (Å²) in [4.78, 5) is 24.1. The molecule has 1 saturated heterocycles. The van der Waals surface area contributed by atoms with E-state index in [0.717, 1.165) is 32.0 Å². The number of ketones is 1. The van der Waals surface area contributed by atoms with Crippen LogP contribution in [0.25, 0.3) is 11.0 Å². The Bertz CT molecular complexity index is 1560. The number of imidazole rings is 1. The van der Waals surface area contributed by atoms with Gasteiger partial charge in [-0.2, -0.15) is 13.2 Å². The van der Waals surface area contributed by atoms with Crippen LogP contribution in [0.1, 0.15) is 37.9 Å². The van der Waals surface area contributed by atoms with Crippen LogP contribution in [0.5, 0.6) is 11.5 Å². The zero-order valence-corrected chi connectivity index (χ0v) is 23.0. The maximum Gasteiger partial charge on any atom is 0.419 e. The van der Waals surface area contributed by atoms with E-state index in [1.54, 1.807) is 48.1 Å². The fraction of sp³-hybridized carbons (Fsp3) is 0.367. The highest BCUT2D eigenvalue weighted by Gasteiger charge is 2.35. The molecule has 1 N–H and O–H groups in total. The lowest BCUT2D eigenvalue weighted by atomic mass is 9.90. The van der Waals surface area contributed by atoms with E-state index in [2.05, 4.69) is 34.0 Å². The Labute approximate surface area is 235 Å². The number of hydrogen-bond acceptors (Lipinski definition) is 6. The van der Waals surface area contributed by atoms with E-state index < -0.39 is 17.6 Å². The third-order valence-electron chi connectivity index (χ3n) is 7.50. The molecule has 2 aromatic heterocycles. The van der Waals surface area contributed by atoms with E-state index >= 15 is 0 Å². The van der Waals surface area contributed by atoms with Crippen LogP contribution in [0, 0.1) is 11.7 Å². The first-order valence-corrected chi connectivity index (χ1v) is 13.5. The molecule has 1 aliphatic heterocycles. The Kier molecular flexibility index (Phi) is 7.99. The minimum atomic E-state index is -4.81. The van der Waals surface area contributed by atoms with Crippen LogP contribution < -0.4 is 10.1 Å². The Hall–Kier alpha value is -3.99. The quantitative estimate of drug-likeness (QED) is 0.233. The lowest BCUT2D eigenvalue weighted by Crippen LogP contribution is -2.40. The molecular weight excluding hydrogens is 538 g/mol. The molecule has 0 atom stereocenters. The number of ether oxygens (including phenoxy) is 1. The SMILES string of the molecule is CC(C)N1CCC(C(=O)Cc2cc(Oc3ccc4c(c3)nc(Nc3cccc(C(F)(F)F)c3F)n4C)ccn2)CC1. The van der Waals surface area contributed by atoms with Gasteiger partial charge in [-0.15, -0.1) is 0 Å². The summed E-state index contributed by atoms with van der Waals surface area (Å²) in [5, 5.41) is 2.67. The van der Waals surface area contributed by atoms with Gasteiger partial charge in [-0.3, -0.25) is 9.78 Å². The van der Waals surface area contributed by atoms with E-state index in [1.165, 1.54) is 6.07 Å². The number of alkyl halides is 3. The predicted octanol–water partition coefficient (Wildman–Crippen LogP) is 6.89. The largest absolute Gasteiger partial charge is 0.457 e. The number of nitrogens with one attached hydrogen (secondary N) is 1. The monoisotopic (exact) mass is 569 g/mol. The lowest BCUT2D eigenvalue weighted by molar-refractivity contribution is -0.139. The number of fused-ring (bicyclic) bond motifs is 1. The van der Waals surface area contributed by atoms with Crippen LogP contribution in [-0.2, 0) is 24.4 Å². The van der Waals surface area contributed by atoms with Gasteiger partial charge < -0.3 is 19.5 Å². The molecule has 216 valence electrons. The molecular formula is C30H31F4N5O2. The van der Waals surface area contributed by atoms with E-state index in [9.17, 15) is 22.4 Å². The van der Waals surface area contributed by atoms with Gasteiger partial charge in [0.1, 0.15) is 17.3 Å². The number of aryl methyl sites for hydroxylation is 1. The Morgan fingerprint density at radius 3 is 2.54 bits per heavy atom. The van der Waals surface area contributed by atoms with Crippen molar-refractivity contribution in [3.63, 3.8) is 0 Å². The van der Waals surface area contributed by atoms with Crippen LogP contribution >= 0.6 is 0 Å². The van der Waals surface area contributed by atoms with Crippen molar-refractivity contribution in [2.24, 2.45) is 13.0 Å². The fourth-order valence-corrected chi connectivity index (χ4v) is 5.14. The van der Waals surface area contributed by atoms with Gasteiger partial charge in [0, 0.05) is 43.8 Å². The van der Waals surface area contributed by atoms with Gasteiger partial charge in [0.25, 0.3) is 0 Å². The normalized spacial score (nSPS) is 15.0. The van der Waals surface area contributed by atoms with Gasteiger partial charge in [0.15, 0.2) is 5.82 Å². The van der Waals surface area contributed by atoms with E-state index in [-0.39, 0.29) is 29.8 Å². The zero-order valence-electron chi connectivity index (χ0n) is 23.0. The van der Waals surface area contributed by atoms with Crippen LogP contribution in [0.2, 0.25) is 0 Å². The number of rotatable bonds is 8. The first-order valence-electron chi connectivity index (χ1n) is 13.5. The Balaban J connectivity index is 1.28. The van der Waals surface area contributed by atoms with Crippen molar-refractivity contribution in [3.8, 4) is 11.5 Å². The number of nitrogens with zero attached hydrogens (tertiary/aromatic N) is 4. The maximum atomic E-state index is 14.5. The molecule has 5 rings (SSSR count). The van der Waals surface area contributed by atoms with Gasteiger partial charge in [-0.1, -0.05) is 6.07 Å². The van der Waals surface area contributed by atoms with Crippen molar-refractivity contribution >= 4 is 28.5 Å². The second kappa shape index (κ2) is 11.5. The number of piperidine rings is 1. The smallest absolute Gasteiger partial charge is 0.419 e. The van der Waals surface area contributed by atoms with E-state index in [1.807, 2.05) is 0 Å². The molecule has 11 heteroatoms. The summed E-state index contributed by atoms with van der Waals surface area (Å²) in [6.07, 6.45) is -1.26. The molecule has 4 aromatic rings. The van der Waals surface area contributed by atoms with Crippen molar-refractivity contribution in [2.45, 2.75) is 45.3 Å². The summed E-state index contributed by atoms with van der Waals surface area (Å²) in [6, 6.07) is 12.1. The number of likely N-dealkylation sites (tertiary alicyclic amines) is 1. The molecule has 0 radical (unpaired) electrons. The second-order valence-corrected chi connectivity index (χ2v) is 10.6. The molecule has 3 heterocycles. The topological polar surface area (TPSA) is 72.3 Å². The summed E-state index contributed by atoms with van der Waals surface area (Å²) in [5.74, 6) is -0.0299. The summed E-state index contributed by atoms with van der Waals surface area (Å²) in [5.41, 5.74) is 0.104. The number of carbonyl (C=O) groups excluding carboxylic acids is 1. The Morgan fingerprint density at radius 2 is 1.83 bits per heavy atom. The van der Waals surface area contributed by atoms with Gasteiger partial charge in [0.05, 0.1) is 28.0 Å². The highest BCUT2D eigenvalue weighted by atomic mass is 19.4. The first kappa shape index (κ1) is 28.5. The molecule has 1 fully saturated rings. The van der Waals surface area contributed by atoms with Crippen LogP contribution in [-0.4, -0.2) is 44.3 Å². The average molecular weight is 570 g/mol. The standard InChI is InChI=1S/C30H31F4N5O2/c1-18(2)39-13-10-19(11-14-39)27(40)16-20-15-22(9-12-35-20)41-21-7-8-26-25(17-21)37-29(38(26)3)36-24-6-4-5-23(28(24)31)30(32,33)34/h4-9,12,15,17-19H,10-11,13-14,16H2,1-3H3,(H,36,37). The van der Waals surface area contributed by atoms with Gasteiger partial charge >= 0.3 is 6.18 Å². The number of anilines is 2. The maximum absolute atomic E-state index is 14.5. The van der Waals surface area contributed by atoms with Crippen molar-refractivity contribution in [1.29, 1.82) is 0 Å². The molecule has 0 aliphatic carbocycles. The van der Waals surface area contributed by atoms with Gasteiger partial charge in [-0.05, 0) is 70.1 Å². The van der Waals surface area contributed by atoms with Crippen molar-refractivity contribution < 1.29 is 27.1 Å². The van der Waals surface area contributed by atoms with Gasteiger partial charge in [0.2, 0.25) is 5.95 Å². The summed E-state index contributed by atoms with van der Waals surface area (Å²) in [7, 11) is 1.67. The molecule has 0 bridgehead atoms. The minimum absolute atomic E-state index is 0.0372. The first-order chi connectivity index (χ1) is 19.5. The number of benzene rings is 2. The third-order valence-corrected chi connectivity index (χ3v) is 7.50. The number of Topliss-reactive ketones (excluding diaryl/α,β-unsaturated/α-hetero) is 1. The Morgan fingerprint density at radius 1 is 1.10 bits per heavy atom. The highest BCUT2D eigenvalue weighted by Crippen LogP contribution is 2.35. The molecule has 0 spiro atoms. The number of pyridine rings is 1. The second-order valence-electron chi connectivity index (χ2n) is 10.6. The van der Waals surface area contributed by atoms with Crippen molar-refractivity contribution in [3.05, 3.63) is 71.8 Å². The molecule has 0 unspecified atom stereocenters. The summed E-state index contributed by atoms with van der Waals surface area (Å²) < 4.78 is 61.5. The van der Waals surface area contributed by atoms with Crippen LogP contribution in [0.15, 0.2) is 54.7 Å². The molecule has 2 aromatic carbocycles. The van der Waals surface area contributed by atoms with Crippen molar-refractivity contribution in [1.82, 2.24) is 19.4 Å². The van der Waals surface area contributed by atoms with Crippen LogP contribution in [0.3, 0.4) is 0 Å². The number of halogens is 4. The summed E-state index contributed by atoms with van der Waals surface area (Å²) in [6.45, 7) is 6.18. The fourth-order valence-electron chi connectivity index (χ4n) is 5.14. The lowest BCUT2D eigenvalue weighted by Gasteiger charge is -2.33. The van der Waals surface area contributed by atoms with Gasteiger partial charge in [-0.25, -0.2) is 9.37 Å². The average Bonchev–Trinajstić information content (AvgIpc) is 3.23. The van der Waals surface area contributed by atoms with E-state index in [0.29, 0.717) is 40.3 Å². The number of aromatic nitrogens is 3. The zero-order chi connectivity index (χ0) is 29.3. The number of hydrogen-bond donors (Lipinski definition) is 1. The van der Waals surface area contributed by atoms with Crippen molar-refractivity contribution in [2.75, 3.05) is 18.4 Å². The third kappa shape index (κ3) is 6.35. The van der Waals surface area contributed by atoms with Crippen LogP contribution in [0.4, 0.5) is 29.2 Å². The predicted molar refractivity (Wildman–Crippen MR) is 148 cm³/mol. The molecule has 41 heavy (non-hydrogen) atoms. The molecule has 0 saturated carbocycles. The van der Waals surface area contributed by atoms with E-state index in [4.69, 9.17) is 4.74 Å². The molecule has 7 nitrogen and oxygen atoms in total. The highest BCUT2D eigenvalue weighted by molar-refractivity contribution is 5.83. The summed E-state index contributed by atoms with van der Waals surface area (Å²) >= 11 is 0. The minimum Gasteiger partial charge on any atom is -0.457 e.